The van der Waals surface area contributed by atoms with Gasteiger partial charge in [0.05, 0.1) is 11.4 Å². The Bertz CT molecular complexity index is 1280. The molecule has 0 saturated heterocycles. The van der Waals surface area contributed by atoms with Gasteiger partial charge in [-0.1, -0.05) is 0 Å². The average molecular weight is 427 g/mol. The first-order chi connectivity index (χ1) is 14.1. The van der Waals surface area contributed by atoms with Crippen LogP contribution in [0.1, 0.15) is 5.56 Å². The number of hydrogen-bond donors (Lipinski definition) is 2. The highest BCUT2D eigenvalue weighted by Gasteiger charge is 2.22. The maximum atomic E-state index is 12.0. The van der Waals surface area contributed by atoms with Gasteiger partial charge in [-0.25, -0.2) is 0 Å². The third-order valence-corrected chi connectivity index (χ3v) is 5.35. The van der Waals surface area contributed by atoms with Crippen LogP contribution in [0.4, 0.5) is 22.7 Å². The van der Waals surface area contributed by atoms with Crippen molar-refractivity contribution in [3.63, 3.8) is 0 Å². The number of rotatable bonds is 5. The molecule has 0 spiro atoms. The van der Waals surface area contributed by atoms with E-state index in [1.54, 1.807) is 43.4 Å². The Kier molecular flexibility index (Phi) is 5.81. The van der Waals surface area contributed by atoms with E-state index in [0.717, 1.165) is 11.3 Å². The van der Waals surface area contributed by atoms with Crippen LogP contribution in [-0.4, -0.2) is 39.2 Å². The highest BCUT2D eigenvalue weighted by atomic mass is 32.2. The van der Waals surface area contributed by atoms with Crippen LogP contribution in [0.3, 0.4) is 0 Å². The Labute approximate surface area is 174 Å². The number of aromatic hydroxyl groups is 1. The molecule has 3 rings (SSSR count). The van der Waals surface area contributed by atoms with Gasteiger partial charge in [-0.15, -0.1) is 5.11 Å². The maximum Gasteiger partial charge on any atom is 0.296 e. The largest absolute Gasteiger partial charge is 0.505 e. The molecule has 30 heavy (non-hydrogen) atoms. The Morgan fingerprint density at radius 1 is 0.967 bits per heavy atom. The lowest BCUT2D eigenvalue weighted by atomic mass is 10.1. The van der Waals surface area contributed by atoms with E-state index in [9.17, 15) is 18.1 Å². The molecular formula is C20H21N5O4S. The van der Waals surface area contributed by atoms with Crippen molar-refractivity contribution < 1.29 is 18.1 Å². The molecule has 0 aliphatic carbocycles. The first-order valence-corrected chi connectivity index (χ1v) is 10.3. The van der Waals surface area contributed by atoms with Gasteiger partial charge in [0.2, 0.25) is 0 Å². The van der Waals surface area contributed by atoms with Crippen molar-refractivity contribution in [3.8, 4) is 5.75 Å². The van der Waals surface area contributed by atoms with Gasteiger partial charge in [-0.05, 0) is 60.3 Å². The number of phenols is 1. The zero-order valence-corrected chi connectivity index (χ0v) is 17.7. The van der Waals surface area contributed by atoms with Gasteiger partial charge in [0.25, 0.3) is 10.1 Å². The minimum atomic E-state index is -4.66. The summed E-state index contributed by atoms with van der Waals surface area (Å²) in [6.45, 7) is 1.82. The molecule has 0 aliphatic rings. The summed E-state index contributed by atoms with van der Waals surface area (Å²) in [5.41, 5.74) is 2.35. The van der Waals surface area contributed by atoms with Crippen molar-refractivity contribution in [1.29, 1.82) is 0 Å². The Morgan fingerprint density at radius 3 is 2.30 bits per heavy atom. The average Bonchev–Trinajstić information content (AvgIpc) is 2.68. The fourth-order valence-corrected chi connectivity index (χ4v) is 3.60. The van der Waals surface area contributed by atoms with E-state index >= 15 is 0 Å². The second-order valence-electron chi connectivity index (χ2n) is 6.82. The van der Waals surface area contributed by atoms with E-state index in [2.05, 4.69) is 20.5 Å². The van der Waals surface area contributed by atoms with Gasteiger partial charge in [0.1, 0.15) is 10.6 Å². The molecule has 0 aromatic heterocycles. The van der Waals surface area contributed by atoms with Gasteiger partial charge in [0.15, 0.2) is 5.75 Å². The predicted molar refractivity (Wildman–Crippen MR) is 116 cm³/mol. The van der Waals surface area contributed by atoms with E-state index in [4.69, 9.17) is 0 Å². The second-order valence-corrected chi connectivity index (χ2v) is 8.21. The number of benzene rings is 3. The van der Waals surface area contributed by atoms with Crippen molar-refractivity contribution in [2.45, 2.75) is 11.8 Å². The van der Waals surface area contributed by atoms with Crippen LogP contribution in [0.2, 0.25) is 0 Å². The molecule has 0 heterocycles. The van der Waals surface area contributed by atoms with E-state index < -0.39 is 15.0 Å². The van der Waals surface area contributed by atoms with Gasteiger partial charge < -0.3 is 10.0 Å². The van der Waals surface area contributed by atoms with E-state index in [0.29, 0.717) is 22.1 Å². The third-order valence-electron chi connectivity index (χ3n) is 4.48. The van der Waals surface area contributed by atoms with Crippen LogP contribution in [0.25, 0.3) is 10.8 Å². The zero-order chi connectivity index (χ0) is 22.1. The number of anilines is 1. The van der Waals surface area contributed by atoms with E-state index in [-0.39, 0.29) is 11.4 Å². The molecule has 0 unspecified atom stereocenters. The number of phenolic OH excluding ortho intramolecular Hbond substituents is 1. The highest BCUT2D eigenvalue weighted by Crippen LogP contribution is 2.42. The van der Waals surface area contributed by atoms with Gasteiger partial charge >= 0.3 is 0 Å². The molecule has 10 heteroatoms. The molecule has 2 N–H and O–H groups in total. The summed E-state index contributed by atoms with van der Waals surface area (Å²) in [5, 5.41) is 27.2. The lowest BCUT2D eigenvalue weighted by Crippen LogP contribution is -2.08. The Balaban J connectivity index is 2.17. The predicted octanol–water partition coefficient (Wildman–Crippen LogP) is 5.30. The van der Waals surface area contributed by atoms with Gasteiger partial charge in [0, 0.05) is 32.2 Å². The molecule has 0 saturated carbocycles. The van der Waals surface area contributed by atoms with Crippen molar-refractivity contribution in [2.24, 2.45) is 20.5 Å². The molecule has 0 amide bonds. The topological polar surface area (TPSA) is 127 Å². The summed E-state index contributed by atoms with van der Waals surface area (Å²) in [7, 11) is 0.573. The minimum Gasteiger partial charge on any atom is -0.505 e. The molecule has 0 aliphatic heterocycles. The minimum absolute atomic E-state index is 0.336. The van der Waals surface area contributed by atoms with Crippen molar-refractivity contribution >= 4 is 43.6 Å². The SMILES string of the molecule is CN=Nc1ccc(N=Nc2c(S(=O)(=O)O)cc3cc(N(C)C)ccc3c2O)cc1C. The molecule has 0 bridgehead atoms. The lowest BCUT2D eigenvalue weighted by molar-refractivity contribution is 0.472. The van der Waals surface area contributed by atoms with Crippen molar-refractivity contribution in [3.05, 3.63) is 48.0 Å². The summed E-state index contributed by atoms with van der Waals surface area (Å²) in [6.07, 6.45) is 0. The first-order valence-electron chi connectivity index (χ1n) is 8.88. The molecule has 0 atom stereocenters. The summed E-state index contributed by atoms with van der Waals surface area (Å²) in [5.74, 6) is -0.387. The van der Waals surface area contributed by atoms with E-state index in [1.807, 2.05) is 25.9 Å². The first kappa shape index (κ1) is 21.3. The van der Waals surface area contributed by atoms with Crippen molar-refractivity contribution in [1.82, 2.24) is 0 Å². The zero-order valence-electron chi connectivity index (χ0n) is 16.9. The molecular weight excluding hydrogens is 406 g/mol. The molecule has 9 nitrogen and oxygen atoms in total. The Morgan fingerprint density at radius 2 is 1.70 bits per heavy atom. The summed E-state index contributed by atoms with van der Waals surface area (Å²) < 4.78 is 33.6. The highest BCUT2D eigenvalue weighted by molar-refractivity contribution is 7.86. The summed E-state index contributed by atoms with van der Waals surface area (Å²) in [6, 6.07) is 11.4. The van der Waals surface area contributed by atoms with Crippen LogP contribution in [0.15, 0.2) is 67.8 Å². The standard InChI is InChI=1S/C20H21N5O4S/c1-12-9-14(5-8-17(12)23-21-2)22-24-19-18(30(27,28)29)11-13-10-15(25(3)4)6-7-16(13)20(19)26/h5-11,26H,1-4H3,(H,27,28,29). The molecule has 156 valence electrons. The number of aryl methyl sites for hydroxylation is 1. The van der Waals surface area contributed by atoms with Crippen LogP contribution in [0.5, 0.6) is 5.75 Å². The molecule has 3 aromatic carbocycles. The fraction of sp³-hybridized carbons (Fsp3) is 0.200. The maximum absolute atomic E-state index is 12.0. The monoisotopic (exact) mass is 427 g/mol. The number of nitrogens with zero attached hydrogens (tertiary/aromatic N) is 5. The summed E-state index contributed by atoms with van der Waals surface area (Å²) >= 11 is 0. The van der Waals surface area contributed by atoms with Gasteiger partial charge in [-0.2, -0.15) is 23.8 Å². The smallest absolute Gasteiger partial charge is 0.296 e. The number of hydrogen-bond acceptors (Lipinski definition) is 8. The van der Waals surface area contributed by atoms with Crippen molar-refractivity contribution in [2.75, 3.05) is 26.0 Å². The normalized spacial score (nSPS) is 12.3. The second kappa shape index (κ2) is 8.17. The third kappa shape index (κ3) is 4.29. The van der Waals surface area contributed by atoms with Crippen LogP contribution in [0, 0.1) is 6.92 Å². The number of azo groups is 2. The summed E-state index contributed by atoms with van der Waals surface area (Å²) in [4.78, 5) is 1.31. The molecule has 0 radical (unpaired) electrons. The molecule has 3 aromatic rings. The van der Waals surface area contributed by atoms with E-state index in [1.165, 1.54) is 6.07 Å². The molecule has 0 fully saturated rings. The van der Waals surface area contributed by atoms with Crippen LogP contribution in [-0.2, 0) is 10.1 Å². The number of fused-ring (bicyclic) bond motifs is 1. The van der Waals surface area contributed by atoms with Crippen LogP contribution < -0.4 is 4.90 Å². The van der Waals surface area contributed by atoms with Gasteiger partial charge in [-0.3, -0.25) is 4.55 Å². The quantitative estimate of drug-likeness (QED) is 0.422. The fourth-order valence-electron chi connectivity index (χ4n) is 2.94. The lowest BCUT2D eigenvalue weighted by Gasteiger charge is -2.14. The Hall–Kier alpha value is -3.37. The van der Waals surface area contributed by atoms with Crippen LogP contribution >= 0.6 is 0 Å².